The fraction of sp³-hybridized carbons (Fsp3) is 0.364. The third kappa shape index (κ3) is 2.83. The Balaban J connectivity index is 2.13. The summed E-state index contributed by atoms with van der Waals surface area (Å²) >= 11 is 11.7. The van der Waals surface area contributed by atoms with E-state index in [1.165, 1.54) is 12.1 Å². The summed E-state index contributed by atoms with van der Waals surface area (Å²) in [6, 6.07) is 2.89. The van der Waals surface area contributed by atoms with E-state index < -0.39 is 5.97 Å². The second kappa shape index (κ2) is 5.12. The quantitative estimate of drug-likeness (QED) is 0.666. The van der Waals surface area contributed by atoms with Gasteiger partial charge in [0.05, 0.1) is 34.5 Å². The SMILES string of the molecule is Nc1c(Cl)cc(C(=O)OC2CCOC2)cc1Cl. The van der Waals surface area contributed by atoms with Gasteiger partial charge in [0.15, 0.2) is 0 Å². The summed E-state index contributed by atoms with van der Waals surface area (Å²) in [4.78, 5) is 11.8. The maximum Gasteiger partial charge on any atom is 0.338 e. The molecule has 1 aromatic carbocycles. The molecular weight excluding hydrogens is 265 g/mol. The standard InChI is InChI=1S/C11H11Cl2NO3/c12-8-3-6(4-9(13)10(8)14)11(15)17-7-1-2-16-5-7/h3-4,7H,1-2,5,14H2. The Kier molecular flexibility index (Phi) is 3.76. The van der Waals surface area contributed by atoms with Gasteiger partial charge in [-0.05, 0) is 12.1 Å². The van der Waals surface area contributed by atoms with Gasteiger partial charge >= 0.3 is 5.97 Å². The molecule has 1 aromatic rings. The van der Waals surface area contributed by atoms with Crippen molar-refractivity contribution in [2.24, 2.45) is 0 Å². The monoisotopic (exact) mass is 275 g/mol. The Morgan fingerprint density at radius 1 is 1.41 bits per heavy atom. The summed E-state index contributed by atoms with van der Waals surface area (Å²) in [6.45, 7) is 1.05. The van der Waals surface area contributed by atoms with E-state index in [2.05, 4.69) is 0 Å². The molecule has 1 aliphatic rings. The second-order valence-corrected chi connectivity index (χ2v) is 4.56. The molecule has 0 amide bonds. The Hall–Kier alpha value is -0.970. The summed E-state index contributed by atoms with van der Waals surface area (Å²) in [6.07, 6.45) is 0.514. The lowest BCUT2D eigenvalue weighted by Crippen LogP contribution is -2.18. The van der Waals surface area contributed by atoms with Crippen molar-refractivity contribution in [2.75, 3.05) is 18.9 Å². The number of carbonyl (C=O) groups excluding carboxylic acids is 1. The zero-order chi connectivity index (χ0) is 12.4. The summed E-state index contributed by atoms with van der Waals surface area (Å²) in [5, 5.41) is 0.485. The van der Waals surface area contributed by atoms with Gasteiger partial charge in [-0.2, -0.15) is 0 Å². The van der Waals surface area contributed by atoms with Crippen LogP contribution in [0.25, 0.3) is 0 Å². The van der Waals surface area contributed by atoms with Crippen LogP contribution in [0.5, 0.6) is 0 Å². The highest BCUT2D eigenvalue weighted by Crippen LogP contribution is 2.29. The van der Waals surface area contributed by atoms with Gasteiger partial charge in [-0.25, -0.2) is 4.79 Å². The number of rotatable bonds is 2. The van der Waals surface area contributed by atoms with Crippen molar-refractivity contribution in [3.63, 3.8) is 0 Å². The molecule has 17 heavy (non-hydrogen) atoms. The van der Waals surface area contributed by atoms with Crippen LogP contribution in [0.2, 0.25) is 10.0 Å². The molecule has 1 atom stereocenters. The Morgan fingerprint density at radius 2 is 2.06 bits per heavy atom. The number of carbonyl (C=O) groups is 1. The average Bonchev–Trinajstić information content (AvgIpc) is 2.77. The highest BCUT2D eigenvalue weighted by atomic mass is 35.5. The van der Waals surface area contributed by atoms with Crippen molar-refractivity contribution in [3.8, 4) is 0 Å². The van der Waals surface area contributed by atoms with Gasteiger partial charge in [-0.15, -0.1) is 0 Å². The number of nitrogen functional groups attached to an aromatic ring is 1. The maximum absolute atomic E-state index is 11.8. The number of hydrogen-bond acceptors (Lipinski definition) is 4. The molecule has 6 heteroatoms. The number of benzene rings is 1. The van der Waals surface area contributed by atoms with Crippen LogP contribution in [-0.4, -0.2) is 25.3 Å². The number of nitrogens with two attached hydrogens (primary N) is 1. The van der Waals surface area contributed by atoms with Crippen LogP contribution in [0.3, 0.4) is 0 Å². The molecule has 1 fully saturated rings. The summed E-state index contributed by atoms with van der Waals surface area (Å²) in [5.41, 5.74) is 6.13. The van der Waals surface area contributed by atoms with E-state index in [4.69, 9.17) is 38.4 Å². The van der Waals surface area contributed by atoms with Gasteiger partial charge in [0.2, 0.25) is 0 Å². The van der Waals surface area contributed by atoms with Crippen LogP contribution >= 0.6 is 23.2 Å². The third-order valence-corrected chi connectivity index (χ3v) is 3.10. The van der Waals surface area contributed by atoms with Crippen LogP contribution in [-0.2, 0) is 9.47 Å². The first-order chi connectivity index (χ1) is 8.08. The van der Waals surface area contributed by atoms with Crippen molar-refractivity contribution in [1.29, 1.82) is 0 Å². The van der Waals surface area contributed by atoms with Gasteiger partial charge in [0.1, 0.15) is 6.10 Å². The van der Waals surface area contributed by atoms with E-state index in [1.807, 2.05) is 0 Å². The van der Waals surface area contributed by atoms with Gasteiger partial charge in [0, 0.05) is 6.42 Å². The largest absolute Gasteiger partial charge is 0.456 e. The van der Waals surface area contributed by atoms with Crippen LogP contribution < -0.4 is 5.73 Å². The van der Waals surface area contributed by atoms with E-state index in [-0.39, 0.29) is 21.8 Å². The van der Waals surface area contributed by atoms with Gasteiger partial charge in [-0.3, -0.25) is 0 Å². The van der Waals surface area contributed by atoms with Crippen LogP contribution in [0.1, 0.15) is 16.8 Å². The molecule has 1 heterocycles. The topological polar surface area (TPSA) is 61.6 Å². The fourth-order valence-corrected chi connectivity index (χ4v) is 2.01. The van der Waals surface area contributed by atoms with Crippen LogP contribution in [0.4, 0.5) is 5.69 Å². The molecule has 1 unspecified atom stereocenters. The zero-order valence-electron chi connectivity index (χ0n) is 8.91. The number of anilines is 1. The van der Waals surface area contributed by atoms with E-state index in [1.54, 1.807) is 0 Å². The number of hydrogen-bond donors (Lipinski definition) is 1. The zero-order valence-corrected chi connectivity index (χ0v) is 10.4. The molecule has 2 rings (SSSR count). The Morgan fingerprint density at radius 3 is 2.59 bits per heavy atom. The minimum Gasteiger partial charge on any atom is -0.456 e. The Bertz CT molecular complexity index is 421. The molecule has 0 aromatic heterocycles. The number of halogens is 2. The highest BCUT2D eigenvalue weighted by molar-refractivity contribution is 6.39. The summed E-state index contributed by atoms with van der Waals surface area (Å²) in [5.74, 6) is -0.468. The normalized spacial score (nSPS) is 19.3. The lowest BCUT2D eigenvalue weighted by atomic mass is 10.2. The molecule has 0 radical (unpaired) electrons. The van der Waals surface area contributed by atoms with Crippen molar-refractivity contribution in [2.45, 2.75) is 12.5 Å². The smallest absolute Gasteiger partial charge is 0.338 e. The predicted octanol–water partition coefficient (Wildman–Crippen LogP) is 2.52. The predicted molar refractivity (Wildman–Crippen MR) is 65.5 cm³/mol. The minimum absolute atomic E-state index is 0.197. The average molecular weight is 276 g/mol. The second-order valence-electron chi connectivity index (χ2n) is 3.74. The molecule has 0 bridgehead atoms. The lowest BCUT2D eigenvalue weighted by Gasteiger charge is -2.11. The number of ether oxygens (including phenoxy) is 2. The first-order valence-corrected chi connectivity index (χ1v) is 5.87. The minimum atomic E-state index is -0.468. The highest BCUT2D eigenvalue weighted by Gasteiger charge is 2.21. The van der Waals surface area contributed by atoms with E-state index in [0.717, 1.165) is 0 Å². The summed E-state index contributed by atoms with van der Waals surface area (Å²) in [7, 11) is 0. The van der Waals surface area contributed by atoms with Crippen molar-refractivity contribution in [3.05, 3.63) is 27.7 Å². The third-order valence-electron chi connectivity index (χ3n) is 2.48. The molecule has 92 valence electrons. The van der Waals surface area contributed by atoms with Crippen molar-refractivity contribution >= 4 is 34.9 Å². The van der Waals surface area contributed by atoms with Crippen molar-refractivity contribution in [1.82, 2.24) is 0 Å². The molecule has 0 saturated carbocycles. The van der Waals surface area contributed by atoms with Crippen LogP contribution in [0, 0.1) is 0 Å². The van der Waals surface area contributed by atoms with E-state index >= 15 is 0 Å². The molecular formula is C11H11Cl2NO3. The first-order valence-electron chi connectivity index (χ1n) is 5.11. The van der Waals surface area contributed by atoms with Gasteiger partial charge in [-0.1, -0.05) is 23.2 Å². The lowest BCUT2D eigenvalue weighted by molar-refractivity contribution is 0.0270. The van der Waals surface area contributed by atoms with Crippen LogP contribution in [0.15, 0.2) is 12.1 Å². The Labute approximate surface area is 109 Å². The molecule has 0 aliphatic carbocycles. The first kappa shape index (κ1) is 12.5. The maximum atomic E-state index is 11.8. The molecule has 0 spiro atoms. The van der Waals surface area contributed by atoms with Gasteiger partial charge < -0.3 is 15.2 Å². The molecule has 1 saturated heterocycles. The van der Waals surface area contributed by atoms with Crippen molar-refractivity contribution < 1.29 is 14.3 Å². The van der Waals surface area contributed by atoms with Gasteiger partial charge in [0.25, 0.3) is 0 Å². The van der Waals surface area contributed by atoms with E-state index in [9.17, 15) is 4.79 Å². The number of esters is 1. The van der Waals surface area contributed by atoms with E-state index in [0.29, 0.717) is 25.2 Å². The summed E-state index contributed by atoms with van der Waals surface area (Å²) < 4.78 is 10.3. The molecule has 1 aliphatic heterocycles. The molecule has 2 N–H and O–H groups in total. The molecule has 4 nitrogen and oxygen atoms in total. The fourth-order valence-electron chi connectivity index (χ4n) is 1.53.